The fraction of sp³-hybridized carbons (Fsp3) is 0.300. The molecule has 1 aliphatic carbocycles. The maximum atomic E-state index is 13.4. The Bertz CT molecular complexity index is 878. The minimum Gasteiger partial charge on any atom is -0.224 e. The average Bonchev–Trinajstić information content (AvgIpc) is 2.84. The smallest absolute Gasteiger partial charge is 0.175 e. The summed E-state index contributed by atoms with van der Waals surface area (Å²) in [5, 5.41) is 0. The number of hydrogen-bond donors (Lipinski definition) is 0. The second kappa shape index (κ2) is 5.55. The summed E-state index contributed by atoms with van der Waals surface area (Å²) in [6.07, 6.45) is 6.40. The van der Waals surface area contributed by atoms with Crippen molar-refractivity contribution in [3.8, 4) is 0 Å². The Morgan fingerprint density at radius 1 is 0.875 bits per heavy atom. The number of halogens is 1. The third kappa shape index (κ3) is 3.03. The molecule has 0 N–H and O–H groups in total. The topological polar surface area (TPSA) is 34.1 Å². The van der Waals surface area contributed by atoms with Gasteiger partial charge in [0, 0.05) is 11.7 Å². The number of benzene rings is 2. The van der Waals surface area contributed by atoms with Crippen molar-refractivity contribution >= 4 is 9.84 Å². The number of sulfone groups is 1. The van der Waals surface area contributed by atoms with Crippen LogP contribution in [-0.2, 0) is 15.3 Å². The highest BCUT2D eigenvalue weighted by Crippen LogP contribution is 2.49. The molecule has 1 aliphatic rings. The molecular formula is C20H21FO2S. The molecule has 0 fully saturated rings. The lowest BCUT2D eigenvalue weighted by atomic mass is 9.70. The first-order chi connectivity index (χ1) is 11.1. The van der Waals surface area contributed by atoms with E-state index in [4.69, 9.17) is 0 Å². The van der Waals surface area contributed by atoms with E-state index in [0.29, 0.717) is 4.90 Å². The van der Waals surface area contributed by atoms with Gasteiger partial charge >= 0.3 is 0 Å². The Hall–Kier alpha value is -1.94. The molecule has 2 aromatic carbocycles. The van der Waals surface area contributed by atoms with Crippen molar-refractivity contribution in [1.82, 2.24) is 0 Å². The van der Waals surface area contributed by atoms with E-state index >= 15 is 0 Å². The molecule has 3 rings (SSSR count). The highest BCUT2D eigenvalue weighted by Gasteiger charge is 2.41. The van der Waals surface area contributed by atoms with Gasteiger partial charge in [-0.25, -0.2) is 12.8 Å². The predicted molar refractivity (Wildman–Crippen MR) is 94.3 cm³/mol. The van der Waals surface area contributed by atoms with Crippen LogP contribution in [0.4, 0.5) is 4.39 Å². The second-order valence-corrected chi connectivity index (χ2v) is 9.29. The van der Waals surface area contributed by atoms with Crippen LogP contribution in [0.2, 0.25) is 0 Å². The van der Waals surface area contributed by atoms with E-state index in [9.17, 15) is 12.8 Å². The van der Waals surface area contributed by atoms with E-state index < -0.39 is 9.84 Å². The predicted octanol–water partition coefficient (Wildman–Crippen LogP) is 4.50. The first kappa shape index (κ1) is 16.9. The van der Waals surface area contributed by atoms with Gasteiger partial charge in [-0.2, -0.15) is 0 Å². The highest BCUT2D eigenvalue weighted by molar-refractivity contribution is 7.90. The van der Waals surface area contributed by atoms with Crippen LogP contribution in [0.1, 0.15) is 31.4 Å². The Morgan fingerprint density at radius 2 is 1.38 bits per heavy atom. The Balaban J connectivity index is 2.13. The van der Waals surface area contributed by atoms with Crippen LogP contribution in [0.15, 0.2) is 65.6 Å². The van der Waals surface area contributed by atoms with Gasteiger partial charge in [-0.05, 0) is 47.2 Å². The molecule has 1 atom stereocenters. The zero-order valence-corrected chi connectivity index (χ0v) is 14.9. The van der Waals surface area contributed by atoms with Gasteiger partial charge in [-0.1, -0.05) is 50.3 Å². The van der Waals surface area contributed by atoms with Crippen molar-refractivity contribution in [3.05, 3.63) is 77.6 Å². The van der Waals surface area contributed by atoms with Crippen molar-refractivity contribution < 1.29 is 12.8 Å². The summed E-state index contributed by atoms with van der Waals surface area (Å²) in [6.45, 7) is 4.33. The molecular weight excluding hydrogens is 323 g/mol. The number of rotatable bonds is 3. The third-order valence-electron chi connectivity index (χ3n) is 4.71. The first-order valence-electron chi connectivity index (χ1n) is 7.90. The van der Waals surface area contributed by atoms with Crippen molar-refractivity contribution in [2.75, 3.05) is 6.26 Å². The van der Waals surface area contributed by atoms with Gasteiger partial charge in [-0.3, -0.25) is 0 Å². The summed E-state index contributed by atoms with van der Waals surface area (Å²) in [5.41, 5.74) is 1.68. The molecule has 0 saturated heterocycles. The molecule has 0 aromatic heterocycles. The summed E-state index contributed by atoms with van der Waals surface area (Å²) in [7, 11) is -3.22. The number of hydrogen-bond acceptors (Lipinski definition) is 2. The standard InChI is InChI=1S/C20H21FO2S/c1-19(2)12-13-20(14-19,15-4-8-17(21)9-5-15)16-6-10-18(11-7-16)24(3,22)23/h4-13H,14H2,1-3H3. The summed E-state index contributed by atoms with van der Waals surface area (Å²) in [4.78, 5) is 0.307. The van der Waals surface area contributed by atoms with E-state index in [1.54, 1.807) is 12.1 Å². The maximum absolute atomic E-state index is 13.4. The van der Waals surface area contributed by atoms with Crippen LogP contribution in [0.25, 0.3) is 0 Å². The van der Waals surface area contributed by atoms with Crippen molar-refractivity contribution in [1.29, 1.82) is 0 Å². The van der Waals surface area contributed by atoms with Crippen LogP contribution in [0.5, 0.6) is 0 Å². The van der Waals surface area contributed by atoms with E-state index in [1.807, 2.05) is 24.3 Å². The molecule has 24 heavy (non-hydrogen) atoms. The monoisotopic (exact) mass is 344 g/mol. The van der Waals surface area contributed by atoms with Crippen molar-refractivity contribution in [2.45, 2.75) is 30.6 Å². The quantitative estimate of drug-likeness (QED) is 0.768. The minimum atomic E-state index is -3.22. The van der Waals surface area contributed by atoms with Gasteiger partial charge in [0.2, 0.25) is 0 Å². The molecule has 0 aliphatic heterocycles. The zero-order chi connectivity index (χ0) is 17.6. The molecule has 0 amide bonds. The molecule has 0 saturated carbocycles. The summed E-state index contributed by atoms with van der Waals surface area (Å²) < 4.78 is 36.8. The third-order valence-corrected chi connectivity index (χ3v) is 5.84. The van der Waals surface area contributed by atoms with E-state index in [1.165, 1.54) is 18.4 Å². The molecule has 0 heterocycles. The summed E-state index contributed by atoms with van der Waals surface area (Å²) in [5.74, 6) is -0.262. The first-order valence-corrected chi connectivity index (χ1v) is 9.79. The van der Waals surface area contributed by atoms with Crippen LogP contribution in [0, 0.1) is 11.2 Å². The highest BCUT2D eigenvalue weighted by atomic mass is 32.2. The van der Waals surface area contributed by atoms with Gasteiger partial charge in [-0.15, -0.1) is 0 Å². The number of allylic oxidation sites excluding steroid dienone is 2. The average molecular weight is 344 g/mol. The molecule has 0 spiro atoms. The van der Waals surface area contributed by atoms with Crippen LogP contribution in [0.3, 0.4) is 0 Å². The van der Waals surface area contributed by atoms with E-state index in [-0.39, 0.29) is 16.6 Å². The maximum Gasteiger partial charge on any atom is 0.175 e. The van der Waals surface area contributed by atoms with Gasteiger partial charge in [0.15, 0.2) is 9.84 Å². The lowest BCUT2D eigenvalue weighted by Gasteiger charge is -2.32. The zero-order valence-electron chi connectivity index (χ0n) is 14.1. The van der Waals surface area contributed by atoms with Crippen LogP contribution < -0.4 is 0 Å². The van der Waals surface area contributed by atoms with Crippen LogP contribution >= 0.6 is 0 Å². The molecule has 126 valence electrons. The Labute approximate surface area is 143 Å². The summed E-state index contributed by atoms with van der Waals surface area (Å²) in [6, 6.07) is 13.6. The Kier molecular flexibility index (Phi) is 3.91. The molecule has 0 bridgehead atoms. The normalized spacial score (nSPS) is 22.7. The van der Waals surface area contributed by atoms with Crippen LogP contribution in [-0.4, -0.2) is 14.7 Å². The SMILES string of the molecule is CC1(C)C=CC(c2ccc(F)cc2)(c2ccc(S(C)(=O)=O)cc2)C1. The van der Waals surface area contributed by atoms with Gasteiger partial charge in [0.1, 0.15) is 5.82 Å². The van der Waals surface area contributed by atoms with Gasteiger partial charge < -0.3 is 0 Å². The molecule has 0 radical (unpaired) electrons. The summed E-state index contributed by atoms with van der Waals surface area (Å²) >= 11 is 0. The van der Waals surface area contributed by atoms with Crippen molar-refractivity contribution in [2.24, 2.45) is 5.41 Å². The van der Waals surface area contributed by atoms with E-state index in [0.717, 1.165) is 17.5 Å². The molecule has 4 heteroatoms. The van der Waals surface area contributed by atoms with Gasteiger partial charge in [0.05, 0.1) is 4.90 Å². The Morgan fingerprint density at radius 3 is 1.79 bits per heavy atom. The fourth-order valence-corrected chi connectivity index (χ4v) is 4.14. The fourth-order valence-electron chi connectivity index (χ4n) is 3.51. The van der Waals surface area contributed by atoms with Crippen molar-refractivity contribution in [3.63, 3.8) is 0 Å². The molecule has 2 nitrogen and oxygen atoms in total. The minimum absolute atomic E-state index is 0.0177. The molecule has 2 aromatic rings. The molecule has 1 unspecified atom stereocenters. The second-order valence-electron chi connectivity index (χ2n) is 7.27. The van der Waals surface area contributed by atoms with E-state index in [2.05, 4.69) is 26.0 Å². The van der Waals surface area contributed by atoms with Gasteiger partial charge in [0.25, 0.3) is 0 Å². The lowest BCUT2D eigenvalue weighted by molar-refractivity contribution is 0.401. The largest absolute Gasteiger partial charge is 0.224 e. The lowest BCUT2D eigenvalue weighted by Crippen LogP contribution is -2.26.